The molecule has 17 heavy (non-hydrogen) atoms. The molecule has 4 heteroatoms. The largest absolute Gasteiger partial charge is 0.368 e. The van der Waals surface area contributed by atoms with Crippen LogP contribution in [0, 0.1) is 0 Å². The number of aromatic nitrogens is 3. The standard InChI is InChI=1S/C13H14N4/c1-2-11-15-12(17-13(14)16-11)10-7-8-5-3-4-6-9(8)10/h3-6,10H,2,7H2,1H3,(H2,14,15,16,17). The van der Waals surface area contributed by atoms with E-state index < -0.39 is 0 Å². The molecule has 1 aliphatic rings. The van der Waals surface area contributed by atoms with Crippen molar-refractivity contribution in [1.82, 2.24) is 15.0 Å². The van der Waals surface area contributed by atoms with Crippen molar-refractivity contribution in [3.8, 4) is 0 Å². The lowest BCUT2D eigenvalue weighted by atomic mass is 9.77. The lowest BCUT2D eigenvalue weighted by molar-refractivity contribution is 0.647. The predicted molar refractivity (Wildman–Crippen MR) is 65.6 cm³/mol. The first kappa shape index (κ1) is 10.2. The molecule has 1 aliphatic carbocycles. The van der Waals surface area contributed by atoms with Gasteiger partial charge in [-0.05, 0) is 17.5 Å². The van der Waals surface area contributed by atoms with Gasteiger partial charge in [-0.2, -0.15) is 9.97 Å². The Labute approximate surface area is 99.9 Å². The van der Waals surface area contributed by atoms with Gasteiger partial charge in [0.1, 0.15) is 11.6 Å². The molecule has 2 aromatic rings. The van der Waals surface area contributed by atoms with Gasteiger partial charge in [-0.3, -0.25) is 0 Å². The van der Waals surface area contributed by atoms with Crippen LogP contribution in [0.4, 0.5) is 5.95 Å². The quantitative estimate of drug-likeness (QED) is 0.846. The smallest absolute Gasteiger partial charge is 0.223 e. The Bertz CT molecular complexity index is 565. The van der Waals surface area contributed by atoms with Gasteiger partial charge < -0.3 is 5.73 Å². The Morgan fingerprint density at radius 3 is 2.82 bits per heavy atom. The SMILES string of the molecule is CCc1nc(N)nc(C2Cc3ccccc32)n1. The predicted octanol–water partition coefficient (Wildman–Crippen LogP) is 1.70. The van der Waals surface area contributed by atoms with E-state index in [0.29, 0.717) is 11.9 Å². The van der Waals surface area contributed by atoms with Gasteiger partial charge >= 0.3 is 0 Å². The van der Waals surface area contributed by atoms with Crippen LogP contribution in [0.3, 0.4) is 0 Å². The molecule has 1 aromatic carbocycles. The molecule has 0 amide bonds. The fourth-order valence-electron chi connectivity index (χ4n) is 2.26. The summed E-state index contributed by atoms with van der Waals surface area (Å²) in [5, 5.41) is 0. The summed E-state index contributed by atoms with van der Waals surface area (Å²) in [5.74, 6) is 2.21. The molecular weight excluding hydrogens is 212 g/mol. The van der Waals surface area contributed by atoms with Gasteiger partial charge in [0.05, 0.1) is 0 Å². The number of nitrogens with zero attached hydrogens (tertiary/aromatic N) is 3. The maximum absolute atomic E-state index is 5.71. The molecule has 1 aromatic heterocycles. The number of hydrogen-bond donors (Lipinski definition) is 1. The molecule has 1 heterocycles. The molecule has 0 bridgehead atoms. The van der Waals surface area contributed by atoms with E-state index in [4.69, 9.17) is 5.73 Å². The van der Waals surface area contributed by atoms with Crippen molar-refractivity contribution in [2.75, 3.05) is 5.73 Å². The first-order valence-electron chi connectivity index (χ1n) is 5.86. The second-order valence-corrected chi connectivity index (χ2v) is 4.28. The molecule has 2 N–H and O–H groups in total. The summed E-state index contributed by atoms with van der Waals surface area (Å²) in [6, 6.07) is 8.40. The van der Waals surface area contributed by atoms with Crippen LogP contribution in [0.2, 0.25) is 0 Å². The van der Waals surface area contributed by atoms with Crippen molar-refractivity contribution in [3.05, 3.63) is 47.0 Å². The zero-order valence-corrected chi connectivity index (χ0v) is 9.72. The van der Waals surface area contributed by atoms with Gasteiger partial charge in [-0.15, -0.1) is 0 Å². The third-order valence-electron chi connectivity index (χ3n) is 3.20. The average molecular weight is 226 g/mol. The van der Waals surface area contributed by atoms with E-state index in [0.717, 1.165) is 24.5 Å². The number of rotatable bonds is 2. The molecule has 0 aliphatic heterocycles. The highest BCUT2D eigenvalue weighted by atomic mass is 15.1. The molecule has 0 spiro atoms. The fourth-order valence-corrected chi connectivity index (χ4v) is 2.26. The highest BCUT2D eigenvalue weighted by Crippen LogP contribution is 2.38. The van der Waals surface area contributed by atoms with Gasteiger partial charge in [0, 0.05) is 12.3 Å². The van der Waals surface area contributed by atoms with Crippen LogP contribution in [0.1, 0.15) is 35.6 Å². The number of anilines is 1. The van der Waals surface area contributed by atoms with Crippen molar-refractivity contribution in [2.24, 2.45) is 0 Å². The Morgan fingerprint density at radius 1 is 1.24 bits per heavy atom. The van der Waals surface area contributed by atoms with Crippen molar-refractivity contribution in [3.63, 3.8) is 0 Å². The Kier molecular flexibility index (Phi) is 2.28. The number of benzene rings is 1. The summed E-state index contributed by atoms with van der Waals surface area (Å²) in [4.78, 5) is 12.8. The van der Waals surface area contributed by atoms with E-state index in [9.17, 15) is 0 Å². The lowest BCUT2D eigenvalue weighted by Crippen LogP contribution is -2.22. The third-order valence-corrected chi connectivity index (χ3v) is 3.20. The van der Waals surface area contributed by atoms with Crippen molar-refractivity contribution in [2.45, 2.75) is 25.7 Å². The zero-order chi connectivity index (χ0) is 11.8. The van der Waals surface area contributed by atoms with E-state index >= 15 is 0 Å². The second-order valence-electron chi connectivity index (χ2n) is 4.28. The van der Waals surface area contributed by atoms with Crippen molar-refractivity contribution < 1.29 is 0 Å². The highest BCUT2D eigenvalue weighted by molar-refractivity contribution is 5.44. The number of aryl methyl sites for hydroxylation is 1. The van der Waals surface area contributed by atoms with Gasteiger partial charge in [0.15, 0.2) is 0 Å². The molecule has 0 radical (unpaired) electrons. The molecule has 0 fully saturated rings. The first-order valence-corrected chi connectivity index (χ1v) is 5.86. The molecule has 0 saturated heterocycles. The van der Waals surface area contributed by atoms with Crippen LogP contribution in [0.5, 0.6) is 0 Å². The van der Waals surface area contributed by atoms with Gasteiger partial charge in [0.25, 0.3) is 0 Å². The molecule has 3 rings (SSSR count). The summed E-state index contributed by atoms with van der Waals surface area (Å²) >= 11 is 0. The Morgan fingerprint density at radius 2 is 2.06 bits per heavy atom. The van der Waals surface area contributed by atoms with Gasteiger partial charge in [0.2, 0.25) is 5.95 Å². The maximum atomic E-state index is 5.71. The molecule has 1 unspecified atom stereocenters. The van der Waals surface area contributed by atoms with Crippen LogP contribution >= 0.6 is 0 Å². The van der Waals surface area contributed by atoms with E-state index in [2.05, 4.69) is 39.2 Å². The Balaban J connectivity index is 2.00. The molecule has 86 valence electrons. The minimum absolute atomic E-state index is 0.293. The first-order chi connectivity index (χ1) is 8.28. The monoisotopic (exact) mass is 226 g/mol. The van der Waals surface area contributed by atoms with Crippen LogP contribution in [-0.4, -0.2) is 15.0 Å². The van der Waals surface area contributed by atoms with Crippen molar-refractivity contribution in [1.29, 1.82) is 0 Å². The summed E-state index contributed by atoms with van der Waals surface area (Å²) in [7, 11) is 0. The summed E-state index contributed by atoms with van der Waals surface area (Å²) in [6.45, 7) is 2.02. The molecule has 1 atom stereocenters. The molecule has 4 nitrogen and oxygen atoms in total. The summed E-state index contributed by atoms with van der Waals surface area (Å²) in [6.07, 6.45) is 1.79. The second kappa shape index (κ2) is 3.80. The third kappa shape index (κ3) is 1.65. The topological polar surface area (TPSA) is 64.7 Å². The van der Waals surface area contributed by atoms with Crippen molar-refractivity contribution >= 4 is 5.95 Å². The van der Waals surface area contributed by atoms with Gasteiger partial charge in [-0.25, -0.2) is 4.98 Å². The number of fused-ring (bicyclic) bond motifs is 1. The average Bonchev–Trinajstić information content (AvgIpc) is 2.30. The Hall–Kier alpha value is -1.97. The van der Waals surface area contributed by atoms with E-state index in [1.165, 1.54) is 11.1 Å². The van der Waals surface area contributed by atoms with Crippen LogP contribution in [-0.2, 0) is 12.8 Å². The van der Waals surface area contributed by atoms with E-state index in [-0.39, 0.29) is 0 Å². The molecular formula is C13H14N4. The highest BCUT2D eigenvalue weighted by Gasteiger charge is 2.29. The number of nitrogens with two attached hydrogens (primary N) is 1. The zero-order valence-electron chi connectivity index (χ0n) is 9.72. The summed E-state index contributed by atoms with van der Waals surface area (Å²) in [5.41, 5.74) is 8.41. The van der Waals surface area contributed by atoms with Crippen LogP contribution < -0.4 is 5.73 Å². The maximum Gasteiger partial charge on any atom is 0.223 e. The normalized spacial score (nSPS) is 17.4. The van der Waals surface area contributed by atoms with Gasteiger partial charge in [-0.1, -0.05) is 31.2 Å². The van der Waals surface area contributed by atoms with E-state index in [1.54, 1.807) is 0 Å². The van der Waals surface area contributed by atoms with Crippen LogP contribution in [0.25, 0.3) is 0 Å². The lowest BCUT2D eigenvalue weighted by Gasteiger charge is -2.28. The minimum atomic E-state index is 0.293. The number of nitrogen functional groups attached to an aromatic ring is 1. The summed E-state index contributed by atoms with van der Waals surface area (Å²) < 4.78 is 0. The van der Waals surface area contributed by atoms with Crippen LogP contribution in [0.15, 0.2) is 24.3 Å². The molecule has 0 saturated carbocycles. The van der Waals surface area contributed by atoms with E-state index in [1.807, 2.05) is 6.92 Å². The number of hydrogen-bond acceptors (Lipinski definition) is 4. The minimum Gasteiger partial charge on any atom is -0.368 e. The fraction of sp³-hybridized carbons (Fsp3) is 0.308.